The topological polar surface area (TPSA) is 57.4 Å². The van der Waals surface area contributed by atoms with Gasteiger partial charge in [0.15, 0.2) is 0 Å². The van der Waals surface area contributed by atoms with Gasteiger partial charge >= 0.3 is 0 Å². The molecule has 6 aromatic rings. The number of aryl methyl sites for hydroxylation is 9. The summed E-state index contributed by atoms with van der Waals surface area (Å²) < 4.78 is 0. The predicted molar refractivity (Wildman–Crippen MR) is 228 cm³/mol. The Hall–Kier alpha value is -6.00. The van der Waals surface area contributed by atoms with Gasteiger partial charge in [-0.15, -0.1) is 0 Å². The zero-order valence-corrected chi connectivity index (χ0v) is 32.3. The average Bonchev–Trinajstić information content (AvgIpc) is 3.91. The van der Waals surface area contributed by atoms with Crippen LogP contribution in [0.1, 0.15) is 78.4 Å². The lowest BCUT2D eigenvalue weighted by Gasteiger charge is -2.14. The van der Waals surface area contributed by atoms with Crippen molar-refractivity contribution in [2.24, 2.45) is 0 Å². The summed E-state index contributed by atoms with van der Waals surface area (Å²) >= 11 is 0. The maximum absolute atomic E-state index is 5.54. The molecule has 2 aliphatic heterocycles. The number of aromatic nitrogens is 4. The number of H-pyrrole nitrogens is 2. The van der Waals surface area contributed by atoms with Crippen molar-refractivity contribution in [3.8, 4) is 33.4 Å². The third-order valence-corrected chi connectivity index (χ3v) is 10.8. The van der Waals surface area contributed by atoms with Gasteiger partial charge in [-0.1, -0.05) is 65.7 Å². The standard InChI is InChI=1S/C49H46N4/c1-11-35-36-12-14-38(50-36)47(44-29(5)20-26(2)21-30(44)6)40-16-18-42(52-40)49(46-33(9)24-28(4)25-34(46)10)43-19-17-41(53-43)48(39-15-13-37(35)51-39)45-31(7)22-27(3)23-32(45)8/h11-25,50,53H,1H2,2-10H3. The lowest BCUT2D eigenvalue weighted by Crippen LogP contribution is -1.96. The molecule has 4 heteroatoms. The van der Waals surface area contributed by atoms with Crippen LogP contribution in [0, 0.1) is 62.3 Å². The fraction of sp³-hybridized carbons (Fsp3) is 0.184. The SMILES string of the molecule is C=Cc1c2nc(c(-c3c(C)cc(C)cc3C)c3ccc([nH]3)c(-c3c(C)cc(C)cc3C)c3nc(c(-c4c(C)cc(C)cc4C)c4ccc1[nH]4)C=C3)C=C2. The van der Waals surface area contributed by atoms with Gasteiger partial charge in [-0.25, -0.2) is 9.97 Å². The molecule has 5 heterocycles. The average molecular weight is 691 g/mol. The number of nitrogens with zero attached hydrogens (tertiary/aromatic N) is 2. The summed E-state index contributed by atoms with van der Waals surface area (Å²) in [7, 11) is 0. The Balaban J connectivity index is 1.62. The molecule has 0 fully saturated rings. The molecular formula is C49H46N4. The number of rotatable bonds is 4. The number of benzene rings is 3. The molecule has 0 unspecified atom stereocenters. The number of hydrogen-bond donors (Lipinski definition) is 2. The normalized spacial score (nSPS) is 12.2. The second-order valence-corrected chi connectivity index (χ2v) is 15.1. The van der Waals surface area contributed by atoms with E-state index < -0.39 is 0 Å². The van der Waals surface area contributed by atoms with Crippen LogP contribution in [0.4, 0.5) is 0 Å². The van der Waals surface area contributed by atoms with Crippen molar-refractivity contribution in [3.63, 3.8) is 0 Å². The van der Waals surface area contributed by atoms with Crippen LogP contribution in [0.15, 0.2) is 67.2 Å². The molecule has 2 N–H and O–H groups in total. The number of fused-ring (bicyclic) bond motifs is 8. The summed E-state index contributed by atoms with van der Waals surface area (Å²) in [5.74, 6) is 0. The second kappa shape index (κ2) is 12.9. The lowest BCUT2D eigenvalue weighted by atomic mass is 9.92. The summed E-state index contributed by atoms with van der Waals surface area (Å²) in [6.45, 7) is 24.0. The molecule has 3 aromatic heterocycles. The van der Waals surface area contributed by atoms with Gasteiger partial charge in [0.2, 0.25) is 0 Å². The molecule has 0 spiro atoms. The highest BCUT2D eigenvalue weighted by Crippen LogP contribution is 2.41. The largest absolute Gasteiger partial charge is 0.354 e. The molecule has 0 aliphatic carbocycles. The minimum Gasteiger partial charge on any atom is -0.354 e. The van der Waals surface area contributed by atoms with Crippen molar-refractivity contribution in [2.75, 3.05) is 0 Å². The van der Waals surface area contributed by atoms with E-state index in [2.05, 4.69) is 164 Å². The van der Waals surface area contributed by atoms with Gasteiger partial charge in [0, 0.05) is 44.3 Å². The molecule has 53 heavy (non-hydrogen) atoms. The maximum atomic E-state index is 5.54. The minimum atomic E-state index is 0.873. The van der Waals surface area contributed by atoms with Crippen LogP contribution in [0.3, 0.4) is 0 Å². The molecule has 0 atom stereocenters. The third kappa shape index (κ3) is 5.79. The molecular weight excluding hydrogens is 645 g/mol. The Bertz CT molecular complexity index is 2650. The van der Waals surface area contributed by atoms with Gasteiger partial charge in [0.1, 0.15) is 0 Å². The van der Waals surface area contributed by atoms with E-state index in [1.807, 2.05) is 6.08 Å². The van der Waals surface area contributed by atoms with Crippen LogP contribution >= 0.6 is 0 Å². The number of hydrogen-bond acceptors (Lipinski definition) is 2. The summed E-state index contributed by atoms with van der Waals surface area (Å²) in [6.07, 6.45) is 10.6. The van der Waals surface area contributed by atoms with Gasteiger partial charge in [-0.2, -0.15) is 0 Å². The van der Waals surface area contributed by atoms with E-state index >= 15 is 0 Å². The van der Waals surface area contributed by atoms with Gasteiger partial charge in [0.05, 0.1) is 22.8 Å². The Kier molecular flexibility index (Phi) is 8.30. The Labute approximate surface area is 312 Å². The van der Waals surface area contributed by atoms with Crippen molar-refractivity contribution < 1.29 is 0 Å². The number of aromatic amines is 2. The molecule has 0 amide bonds. The summed E-state index contributed by atoms with van der Waals surface area (Å²) in [5, 5.41) is 0. The number of nitrogens with one attached hydrogen (secondary N) is 2. The van der Waals surface area contributed by atoms with E-state index in [0.717, 1.165) is 67.1 Å². The second-order valence-electron chi connectivity index (χ2n) is 15.1. The molecule has 2 aliphatic rings. The van der Waals surface area contributed by atoms with E-state index in [9.17, 15) is 0 Å². The van der Waals surface area contributed by atoms with Crippen LogP contribution in [0.2, 0.25) is 0 Å². The van der Waals surface area contributed by atoms with Crippen LogP contribution in [0.5, 0.6) is 0 Å². The highest BCUT2D eigenvalue weighted by atomic mass is 14.8. The Morgan fingerprint density at radius 1 is 0.396 bits per heavy atom. The van der Waals surface area contributed by atoms with Crippen molar-refractivity contribution in [3.05, 3.63) is 146 Å². The van der Waals surface area contributed by atoms with Gasteiger partial charge in [-0.3, -0.25) is 0 Å². The van der Waals surface area contributed by atoms with E-state index in [4.69, 9.17) is 9.97 Å². The first kappa shape index (κ1) is 34.1. The van der Waals surface area contributed by atoms with Crippen LogP contribution in [-0.4, -0.2) is 19.9 Å². The zero-order chi connectivity index (χ0) is 37.3. The van der Waals surface area contributed by atoms with E-state index in [-0.39, 0.29) is 0 Å². The van der Waals surface area contributed by atoms with Gasteiger partial charge < -0.3 is 9.97 Å². The molecule has 3 aromatic carbocycles. The maximum Gasteiger partial charge on any atom is 0.0737 e. The van der Waals surface area contributed by atoms with E-state index in [1.54, 1.807) is 0 Å². The van der Waals surface area contributed by atoms with Crippen molar-refractivity contribution in [2.45, 2.75) is 62.3 Å². The summed E-state index contributed by atoms with van der Waals surface area (Å²) in [5.41, 5.74) is 26.5. The fourth-order valence-corrected chi connectivity index (χ4v) is 8.95. The molecule has 0 radical (unpaired) electrons. The molecule has 262 valence electrons. The highest BCUT2D eigenvalue weighted by molar-refractivity contribution is 6.00. The van der Waals surface area contributed by atoms with Gasteiger partial charge in [-0.05, 0) is 161 Å². The summed E-state index contributed by atoms with van der Waals surface area (Å²) in [6, 6.07) is 22.4. The minimum absolute atomic E-state index is 0.873. The first-order chi connectivity index (χ1) is 25.4. The first-order valence-corrected chi connectivity index (χ1v) is 18.4. The monoisotopic (exact) mass is 690 g/mol. The quantitative estimate of drug-likeness (QED) is 0.193. The first-order valence-electron chi connectivity index (χ1n) is 18.4. The van der Waals surface area contributed by atoms with Crippen molar-refractivity contribution in [1.29, 1.82) is 0 Å². The predicted octanol–water partition coefficient (Wildman–Crippen LogP) is 13.1. The zero-order valence-electron chi connectivity index (χ0n) is 32.3. The molecule has 8 bridgehead atoms. The molecule has 8 rings (SSSR count). The van der Waals surface area contributed by atoms with Crippen LogP contribution < -0.4 is 0 Å². The van der Waals surface area contributed by atoms with E-state index in [0.29, 0.717) is 0 Å². The van der Waals surface area contributed by atoms with E-state index in [1.165, 1.54) is 66.8 Å². The highest BCUT2D eigenvalue weighted by Gasteiger charge is 2.22. The fourth-order valence-electron chi connectivity index (χ4n) is 8.95. The third-order valence-electron chi connectivity index (χ3n) is 10.8. The van der Waals surface area contributed by atoms with Crippen molar-refractivity contribution >= 4 is 52.4 Å². The Morgan fingerprint density at radius 3 is 1.02 bits per heavy atom. The van der Waals surface area contributed by atoms with Gasteiger partial charge in [0.25, 0.3) is 0 Å². The summed E-state index contributed by atoms with van der Waals surface area (Å²) in [4.78, 5) is 18.6. The Morgan fingerprint density at radius 2 is 0.679 bits per heavy atom. The van der Waals surface area contributed by atoms with Crippen molar-refractivity contribution in [1.82, 2.24) is 19.9 Å². The smallest absolute Gasteiger partial charge is 0.0737 e. The van der Waals surface area contributed by atoms with Crippen LogP contribution in [0.25, 0.3) is 85.8 Å². The lowest BCUT2D eigenvalue weighted by molar-refractivity contribution is 1.27. The molecule has 0 saturated carbocycles. The molecule has 0 saturated heterocycles. The van der Waals surface area contributed by atoms with Crippen LogP contribution in [-0.2, 0) is 0 Å². The molecule has 4 nitrogen and oxygen atoms in total.